The molecule has 4 heterocycles. The van der Waals surface area contributed by atoms with E-state index in [1.807, 2.05) is 29.2 Å². The van der Waals surface area contributed by atoms with Crippen molar-refractivity contribution in [1.82, 2.24) is 19.7 Å². The van der Waals surface area contributed by atoms with E-state index in [4.69, 9.17) is 4.99 Å². The second kappa shape index (κ2) is 8.71. The summed E-state index contributed by atoms with van der Waals surface area (Å²) < 4.78 is 18.6. The van der Waals surface area contributed by atoms with Crippen LogP contribution in [0, 0.1) is 11.7 Å². The third-order valence-corrected chi connectivity index (χ3v) is 7.93. The zero-order valence-corrected chi connectivity index (χ0v) is 20.2. The van der Waals surface area contributed by atoms with Crippen LogP contribution < -0.4 is 10.2 Å². The number of carbonyl (C=O) groups excluding carboxylic acids is 1. The Kier molecular flexibility index (Phi) is 5.86. The van der Waals surface area contributed by atoms with Gasteiger partial charge in [-0.2, -0.15) is 0 Å². The van der Waals surface area contributed by atoms with E-state index in [0.717, 1.165) is 16.8 Å². The van der Waals surface area contributed by atoms with Crippen LogP contribution in [0.3, 0.4) is 0 Å². The Morgan fingerprint density at radius 2 is 2.09 bits per heavy atom. The topological polar surface area (TPSA) is 104 Å². The summed E-state index contributed by atoms with van der Waals surface area (Å²) in [5.74, 6) is 0.309. The molecule has 1 amide bonds. The highest BCUT2D eigenvalue weighted by Crippen LogP contribution is 2.47. The molecule has 1 fully saturated rings. The van der Waals surface area contributed by atoms with Crippen LogP contribution in [0.1, 0.15) is 34.8 Å². The van der Waals surface area contributed by atoms with Gasteiger partial charge >= 0.3 is 0 Å². The number of hydrogen-bond donors (Lipinski definition) is 2. The maximum atomic E-state index is 14.3. The van der Waals surface area contributed by atoms with Crippen molar-refractivity contribution in [1.29, 1.82) is 0 Å². The van der Waals surface area contributed by atoms with Crippen LogP contribution in [-0.2, 0) is 11.1 Å². The Labute approximate surface area is 204 Å². The molecule has 1 saturated heterocycles. The number of nitrogens with one attached hydrogen (secondary N) is 1. The Bertz CT molecular complexity index is 1230. The van der Waals surface area contributed by atoms with E-state index in [9.17, 15) is 14.3 Å². The van der Waals surface area contributed by atoms with Gasteiger partial charge in [0, 0.05) is 30.0 Å². The van der Waals surface area contributed by atoms with Crippen LogP contribution in [0.4, 0.5) is 10.3 Å². The van der Waals surface area contributed by atoms with E-state index in [-0.39, 0.29) is 17.5 Å². The number of amidine groups is 1. The van der Waals surface area contributed by atoms with Crippen LogP contribution in [0.2, 0.25) is 0 Å². The average Bonchev–Trinajstić information content (AvgIpc) is 3.48. The molecular formula is C23H23FN6O2S2. The van der Waals surface area contributed by atoms with Crippen molar-refractivity contribution in [3.05, 3.63) is 70.7 Å². The molecule has 0 saturated carbocycles. The van der Waals surface area contributed by atoms with Gasteiger partial charge in [-0.3, -0.25) is 4.79 Å². The van der Waals surface area contributed by atoms with E-state index in [1.165, 1.54) is 37.1 Å². The number of aliphatic hydroxyl groups is 1. The van der Waals surface area contributed by atoms with Crippen LogP contribution in [0.5, 0.6) is 0 Å². The lowest BCUT2D eigenvalue weighted by molar-refractivity contribution is 0.0693. The number of benzene rings is 1. The second-order valence-electron chi connectivity index (χ2n) is 8.85. The number of fused-ring (bicyclic) bond motifs is 1. The van der Waals surface area contributed by atoms with Crippen molar-refractivity contribution < 1.29 is 14.3 Å². The molecule has 0 unspecified atom stereocenters. The molecule has 0 bridgehead atoms. The number of amides is 1. The first-order chi connectivity index (χ1) is 16.3. The van der Waals surface area contributed by atoms with Gasteiger partial charge in [0.2, 0.25) is 5.95 Å². The summed E-state index contributed by atoms with van der Waals surface area (Å²) in [5, 5.41) is 13.8. The molecule has 2 aromatic heterocycles. The molecule has 34 heavy (non-hydrogen) atoms. The molecule has 176 valence electrons. The lowest BCUT2D eigenvalue weighted by atomic mass is 9.87. The van der Waals surface area contributed by atoms with Crippen molar-refractivity contribution in [3.8, 4) is 0 Å². The molecule has 2 aliphatic rings. The van der Waals surface area contributed by atoms with E-state index in [2.05, 4.69) is 19.7 Å². The minimum absolute atomic E-state index is 0.0482. The Morgan fingerprint density at radius 1 is 1.29 bits per heavy atom. The zero-order valence-electron chi connectivity index (χ0n) is 18.6. The van der Waals surface area contributed by atoms with Crippen LogP contribution in [-0.4, -0.2) is 49.4 Å². The first-order valence-electron chi connectivity index (χ1n) is 10.8. The smallest absolute Gasteiger partial charge is 0.257 e. The molecule has 3 aromatic rings. The summed E-state index contributed by atoms with van der Waals surface area (Å²) in [7, 11) is 0. The van der Waals surface area contributed by atoms with Gasteiger partial charge < -0.3 is 15.3 Å². The van der Waals surface area contributed by atoms with Gasteiger partial charge in [-0.1, -0.05) is 30.0 Å². The standard InChI is InChI=1S/C23H23FN6O2S2/c1-22(2,32)18-16(24)10-25-20(27-18)30-11-15-12-33-21(28-19(31)14-6-4-3-5-7-14)29-23(15,13-30)17-8-9-26-34-17/h3-10,15,32H,11-13H2,1-2H3,(H,28,29,31)/t15-,23-/m0/s1. The molecule has 0 spiro atoms. The van der Waals surface area contributed by atoms with Crippen LogP contribution in [0.25, 0.3) is 0 Å². The molecular weight excluding hydrogens is 475 g/mol. The number of anilines is 1. The zero-order chi connectivity index (χ0) is 23.9. The van der Waals surface area contributed by atoms with Gasteiger partial charge in [-0.15, -0.1) is 0 Å². The average molecular weight is 499 g/mol. The highest BCUT2D eigenvalue weighted by atomic mass is 32.2. The van der Waals surface area contributed by atoms with Gasteiger partial charge in [0.05, 0.1) is 17.6 Å². The highest BCUT2D eigenvalue weighted by molar-refractivity contribution is 8.13. The third-order valence-electron chi connectivity index (χ3n) is 5.99. The summed E-state index contributed by atoms with van der Waals surface area (Å²) in [4.78, 5) is 29.3. The fourth-order valence-corrected chi connectivity index (χ4v) is 6.22. The number of rotatable bonds is 4. The molecule has 2 atom stereocenters. The second-order valence-corrected chi connectivity index (χ2v) is 10.7. The molecule has 5 rings (SSSR count). The fraction of sp³-hybridized carbons (Fsp3) is 0.348. The first-order valence-corrected chi connectivity index (χ1v) is 12.5. The van der Waals surface area contributed by atoms with Gasteiger partial charge in [-0.25, -0.2) is 23.7 Å². The maximum absolute atomic E-state index is 14.3. The normalized spacial score (nSPS) is 22.3. The summed E-state index contributed by atoms with van der Waals surface area (Å²) in [5.41, 5.74) is -1.57. The largest absolute Gasteiger partial charge is 0.384 e. The number of nitrogens with zero attached hydrogens (tertiary/aromatic N) is 5. The monoisotopic (exact) mass is 498 g/mol. The number of aromatic nitrogens is 3. The summed E-state index contributed by atoms with van der Waals surface area (Å²) >= 11 is 2.87. The van der Waals surface area contributed by atoms with Gasteiger partial charge in [0.25, 0.3) is 5.91 Å². The predicted octanol–water partition coefficient (Wildman–Crippen LogP) is 3.16. The Hall–Kier alpha value is -2.89. The van der Waals surface area contributed by atoms with E-state index >= 15 is 0 Å². The molecule has 2 aliphatic heterocycles. The molecule has 8 nitrogen and oxygen atoms in total. The van der Waals surface area contributed by atoms with Crippen LogP contribution in [0.15, 0.2) is 53.8 Å². The Morgan fingerprint density at radius 3 is 2.79 bits per heavy atom. The molecule has 0 aliphatic carbocycles. The molecule has 0 radical (unpaired) electrons. The first kappa shape index (κ1) is 22.9. The predicted molar refractivity (Wildman–Crippen MR) is 131 cm³/mol. The van der Waals surface area contributed by atoms with Crippen molar-refractivity contribution in [2.45, 2.75) is 25.0 Å². The molecule has 1 aromatic carbocycles. The number of carbonyl (C=O) groups is 1. The minimum atomic E-state index is -1.44. The SMILES string of the molecule is CC(C)(O)c1nc(N2C[C@H]3CSC(NC(=O)c4ccccc4)=N[C@@]3(c3ccns3)C2)ncc1F. The third kappa shape index (κ3) is 4.19. The van der Waals surface area contributed by atoms with Crippen molar-refractivity contribution in [3.63, 3.8) is 0 Å². The van der Waals surface area contributed by atoms with Crippen molar-refractivity contribution in [2.24, 2.45) is 10.9 Å². The number of thioether (sulfide) groups is 1. The lowest BCUT2D eigenvalue weighted by Crippen LogP contribution is -2.42. The van der Waals surface area contributed by atoms with E-state index in [0.29, 0.717) is 29.8 Å². The van der Waals surface area contributed by atoms with Crippen LogP contribution >= 0.6 is 23.3 Å². The van der Waals surface area contributed by atoms with Gasteiger partial charge in [-0.05, 0) is 43.6 Å². The van der Waals surface area contributed by atoms with Gasteiger partial charge in [0.1, 0.15) is 16.8 Å². The van der Waals surface area contributed by atoms with E-state index in [1.54, 1.807) is 18.3 Å². The van der Waals surface area contributed by atoms with Gasteiger partial charge in [0.15, 0.2) is 11.0 Å². The summed E-state index contributed by atoms with van der Waals surface area (Å²) in [6.45, 7) is 4.04. The van der Waals surface area contributed by atoms with Crippen molar-refractivity contribution >= 4 is 40.3 Å². The maximum Gasteiger partial charge on any atom is 0.257 e. The molecule has 11 heteroatoms. The highest BCUT2D eigenvalue weighted by Gasteiger charge is 2.52. The summed E-state index contributed by atoms with van der Waals surface area (Å²) in [6.07, 6.45) is 2.84. The Balaban J connectivity index is 1.48. The fourth-order valence-electron chi connectivity index (χ4n) is 4.30. The van der Waals surface area contributed by atoms with Crippen molar-refractivity contribution in [2.75, 3.05) is 23.7 Å². The summed E-state index contributed by atoms with van der Waals surface area (Å²) in [6, 6.07) is 11.0. The molecule has 2 N–H and O–H groups in total. The number of aliphatic imine (C=N–C) groups is 1. The number of hydrogen-bond acceptors (Lipinski definition) is 9. The quantitative estimate of drug-likeness (QED) is 0.570. The minimum Gasteiger partial charge on any atom is -0.384 e. The van der Waals surface area contributed by atoms with E-state index < -0.39 is 17.0 Å². The number of halogens is 1. The lowest BCUT2D eigenvalue weighted by Gasteiger charge is -2.33.